The lowest BCUT2D eigenvalue weighted by atomic mass is 10.2. The molecule has 0 spiro atoms. The van der Waals surface area contributed by atoms with Gasteiger partial charge in [-0.1, -0.05) is 12.1 Å². The number of halogens is 1. The summed E-state index contributed by atoms with van der Waals surface area (Å²) in [5.41, 5.74) is 3.23. The molecule has 1 aromatic carbocycles. The molecule has 0 saturated heterocycles. The highest BCUT2D eigenvalue weighted by Crippen LogP contribution is 2.26. The molecule has 0 aliphatic heterocycles. The number of aromatic nitrogens is 2. The Morgan fingerprint density at radius 1 is 1.50 bits per heavy atom. The van der Waals surface area contributed by atoms with E-state index < -0.39 is 10.8 Å². The second kappa shape index (κ2) is 5.41. The smallest absolute Gasteiger partial charge is 0.127 e. The summed E-state index contributed by atoms with van der Waals surface area (Å²) < 4.78 is 13.4. The van der Waals surface area contributed by atoms with Crippen LogP contribution in [0.5, 0.6) is 0 Å². The van der Waals surface area contributed by atoms with Gasteiger partial charge < -0.3 is 4.57 Å². The molecule has 1 heterocycles. The van der Waals surface area contributed by atoms with Crippen molar-refractivity contribution in [3.63, 3.8) is 0 Å². The Hall–Kier alpha value is -0.870. The third-order valence-corrected chi connectivity index (χ3v) is 3.91. The van der Waals surface area contributed by atoms with Crippen molar-refractivity contribution in [1.82, 2.24) is 9.55 Å². The number of aryl methyl sites for hydroxylation is 2. The Bertz CT molecular complexity index is 592. The molecule has 2 aromatic rings. The fraction of sp³-hybridized carbons (Fsp3) is 0.462. The third kappa shape index (κ3) is 2.59. The average molecular weight is 285 g/mol. The molecule has 0 radical (unpaired) electrons. The van der Waals surface area contributed by atoms with E-state index in [0.29, 0.717) is 12.3 Å². The van der Waals surface area contributed by atoms with Gasteiger partial charge >= 0.3 is 0 Å². The van der Waals surface area contributed by atoms with Crippen LogP contribution in [0.4, 0.5) is 0 Å². The first kappa shape index (κ1) is 13.6. The first-order valence-corrected chi connectivity index (χ1v) is 8.07. The topological polar surface area (TPSA) is 34.9 Å². The van der Waals surface area contributed by atoms with Gasteiger partial charge in [-0.05, 0) is 25.5 Å². The first-order valence-electron chi connectivity index (χ1n) is 5.90. The molecule has 0 saturated carbocycles. The summed E-state index contributed by atoms with van der Waals surface area (Å²) in [7, 11) is -0.813. The Morgan fingerprint density at radius 2 is 2.22 bits per heavy atom. The Labute approximate surface area is 115 Å². The number of hydrogen-bond acceptors (Lipinski definition) is 2. The van der Waals surface area contributed by atoms with Crippen molar-refractivity contribution in [2.24, 2.45) is 0 Å². The van der Waals surface area contributed by atoms with E-state index in [9.17, 15) is 4.21 Å². The highest BCUT2D eigenvalue weighted by Gasteiger charge is 2.16. The lowest BCUT2D eigenvalue weighted by Crippen LogP contribution is -2.10. The van der Waals surface area contributed by atoms with Crippen molar-refractivity contribution in [3.05, 3.63) is 29.6 Å². The quantitative estimate of drug-likeness (QED) is 0.809. The highest BCUT2D eigenvalue weighted by molar-refractivity contribution is 7.84. The Kier molecular flexibility index (Phi) is 4.07. The van der Waals surface area contributed by atoms with Gasteiger partial charge in [0.2, 0.25) is 0 Å². The third-order valence-electron chi connectivity index (χ3n) is 2.96. The van der Waals surface area contributed by atoms with Crippen LogP contribution in [0, 0.1) is 6.92 Å². The number of hydrogen-bond donors (Lipinski definition) is 0. The van der Waals surface area contributed by atoms with Gasteiger partial charge in [-0.3, -0.25) is 4.21 Å². The van der Waals surface area contributed by atoms with Crippen molar-refractivity contribution in [1.29, 1.82) is 0 Å². The predicted molar refractivity (Wildman–Crippen MR) is 77.7 cm³/mol. The van der Waals surface area contributed by atoms with E-state index in [1.165, 1.54) is 5.56 Å². The largest absolute Gasteiger partial charge is 0.326 e. The van der Waals surface area contributed by atoms with Crippen LogP contribution in [0.2, 0.25) is 0 Å². The van der Waals surface area contributed by atoms with Crippen LogP contribution in [-0.2, 0) is 17.3 Å². The summed E-state index contributed by atoms with van der Waals surface area (Å²) in [5, 5.41) is -0.151. The Morgan fingerprint density at radius 3 is 2.83 bits per heavy atom. The molecule has 3 nitrogen and oxygen atoms in total. The molecule has 2 atom stereocenters. The molecule has 0 fully saturated rings. The van der Waals surface area contributed by atoms with Crippen molar-refractivity contribution in [2.45, 2.75) is 25.8 Å². The number of fused-ring (bicyclic) bond motifs is 1. The monoisotopic (exact) mass is 284 g/mol. The van der Waals surface area contributed by atoms with Crippen molar-refractivity contribution < 1.29 is 4.21 Å². The summed E-state index contributed by atoms with van der Waals surface area (Å²) in [4.78, 5) is 4.58. The molecule has 1 aromatic heterocycles. The van der Waals surface area contributed by atoms with Crippen molar-refractivity contribution in [3.8, 4) is 0 Å². The predicted octanol–water partition coefficient (Wildman–Crippen LogP) is 3.02. The fourth-order valence-electron chi connectivity index (χ4n) is 2.13. The molecule has 0 aliphatic rings. The minimum absolute atomic E-state index is 0.151. The van der Waals surface area contributed by atoms with E-state index in [1.807, 2.05) is 19.1 Å². The van der Waals surface area contributed by atoms with Gasteiger partial charge in [0.05, 0.1) is 16.4 Å². The zero-order valence-electron chi connectivity index (χ0n) is 10.8. The van der Waals surface area contributed by atoms with Crippen LogP contribution in [0.15, 0.2) is 18.2 Å². The first-order chi connectivity index (χ1) is 8.50. The minimum atomic E-state index is -0.813. The Balaban J connectivity index is 2.57. The molecule has 0 bridgehead atoms. The number of nitrogens with zero attached hydrogens (tertiary/aromatic N) is 2. The molecular formula is C13H17ClN2OS. The summed E-state index contributed by atoms with van der Waals surface area (Å²) >= 11 is 6.19. The molecule has 5 heteroatoms. The van der Waals surface area contributed by atoms with E-state index in [-0.39, 0.29) is 5.38 Å². The van der Waals surface area contributed by atoms with Crippen LogP contribution < -0.4 is 0 Å². The normalized spacial score (nSPS) is 14.9. The van der Waals surface area contributed by atoms with E-state index in [0.717, 1.165) is 16.9 Å². The van der Waals surface area contributed by atoms with Crippen LogP contribution in [-0.4, -0.2) is 25.8 Å². The number of benzene rings is 1. The number of para-hydroxylation sites is 1. The van der Waals surface area contributed by atoms with Gasteiger partial charge in [-0.25, -0.2) is 4.98 Å². The molecule has 0 aliphatic carbocycles. The van der Waals surface area contributed by atoms with Crippen LogP contribution in [0.1, 0.15) is 23.7 Å². The maximum atomic E-state index is 11.3. The van der Waals surface area contributed by atoms with Gasteiger partial charge in [-0.2, -0.15) is 0 Å². The molecule has 2 rings (SSSR count). The number of alkyl halides is 1. The molecule has 0 amide bonds. The van der Waals surface area contributed by atoms with E-state index >= 15 is 0 Å². The number of imidazole rings is 1. The maximum Gasteiger partial charge on any atom is 0.127 e. The van der Waals surface area contributed by atoms with Crippen LogP contribution >= 0.6 is 11.6 Å². The second-order valence-electron chi connectivity index (χ2n) is 4.46. The van der Waals surface area contributed by atoms with Crippen LogP contribution in [0.25, 0.3) is 11.0 Å². The zero-order valence-corrected chi connectivity index (χ0v) is 12.4. The van der Waals surface area contributed by atoms with E-state index in [2.05, 4.69) is 22.5 Å². The lowest BCUT2D eigenvalue weighted by molar-refractivity contribution is 0.672. The minimum Gasteiger partial charge on any atom is -0.326 e. The van der Waals surface area contributed by atoms with E-state index in [4.69, 9.17) is 11.6 Å². The number of rotatable bonds is 4. The molecule has 18 heavy (non-hydrogen) atoms. The lowest BCUT2D eigenvalue weighted by Gasteiger charge is -2.10. The second-order valence-corrected chi connectivity index (χ2v) is 6.67. The maximum absolute atomic E-state index is 11.3. The SMILES string of the molecule is Cc1cccc2nc(C(C)Cl)n(CCS(C)=O)c12. The average Bonchev–Trinajstić information content (AvgIpc) is 2.66. The molecular weight excluding hydrogens is 268 g/mol. The van der Waals surface area contributed by atoms with Crippen LogP contribution in [0.3, 0.4) is 0 Å². The summed E-state index contributed by atoms with van der Waals surface area (Å²) in [6.07, 6.45) is 1.72. The summed E-state index contributed by atoms with van der Waals surface area (Å²) in [5.74, 6) is 1.47. The van der Waals surface area contributed by atoms with E-state index in [1.54, 1.807) is 6.26 Å². The summed E-state index contributed by atoms with van der Waals surface area (Å²) in [6.45, 7) is 4.67. The van der Waals surface area contributed by atoms with Crippen molar-refractivity contribution in [2.75, 3.05) is 12.0 Å². The van der Waals surface area contributed by atoms with Crippen molar-refractivity contribution >= 4 is 33.4 Å². The zero-order chi connectivity index (χ0) is 13.3. The van der Waals surface area contributed by atoms with Gasteiger partial charge in [-0.15, -0.1) is 11.6 Å². The highest BCUT2D eigenvalue weighted by atomic mass is 35.5. The van der Waals surface area contributed by atoms with Gasteiger partial charge in [0.15, 0.2) is 0 Å². The standard InChI is InChI=1S/C13H17ClN2OS/c1-9-5-4-6-11-12(9)16(7-8-18(3)17)13(15-11)10(2)14/h4-6,10H,7-8H2,1-3H3. The van der Waals surface area contributed by atoms with Gasteiger partial charge in [0.1, 0.15) is 5.82 Å². The molecule has 98 valence electrons. The fourth-order valence-corrected chi connectivity index (χ4v) is 2.74. The van der Waals surface area contributed by atoms with Gasteiger partial charge in [0, 0.05) is 29.4 Å². The van der Waals surface area contributed by atoms with Gasteiger partial charge in [0.25, 0.3) is 0 Å². The molecule has 0 N–H and O–H groups in total. The molecule has 2 unspecified atom stereocenters. The summed E-state index contributed by atoms with van der Waals surface area (Å²) in [6, 6.07) is 6.05.